The lowest BCUT2D eigenvalue weighted by atomic mass is 10.2. The lowest BCUT2D eigenvalue weighted by molar-refractivity contribution is -0.154. The summed E-state index contributed by atoms with van der Waals surface area (Å²) in [7, 11) is 0. The number of hydrogen-bond donors (Lipinski definition) is 0. The number of thioether (sulfide) groups is 1. The molecule has 2 fully saturated rings. The fourth-order valence-electron chi connectivity index (χ4n) is 1.76. The molecule has 17 heavy (non-hydrogen) atoms. The minimum Gasteiger partial charge on any atom is -0.464 e. The molecule has 0 spiro atoms. The lowest BCUT2D eigenvalue weighted by Crippen LogP contribution is -2.43. The number of esters is 1. The molecule has 0 N–H and O–H groups in total. The van der Waals surface area contributed by atoms with Crippen LogP contribution in [0.3, 0.4) is 0 Å². The minimum atomic E-state index is -0.355. The number of rotatable bonds is 4. The summed E-state index contributed by atoms with van der Waals surface area (Å²) >= 11 is 1.63. The summed E-state index contributed by atoms with van der Waals surface area (Å²) in [6, 6.07) is -0.355. The van der Waals surface area contributed by atoms with E-state index < -0.39 is 0 Å². The lowest BCUT2D eigenvalue weighted by Gasteiger charge is -2.22. The van der Waals surface area contributed by atoms with Crippen LogP contribution in [0.2, 0.25) is 0 Å². The molecule has 0 aromatic rings. The van der Waals surface area contributed by atoms with E-state index in [1.807, 2.05) is 13.8 Å². The van der Waals surface area contributed by atoms with Gasteiger partial charge < -0.3 is 9.64 Å². The van der Waals surface area contributed by atoms with E-state index in [-0.39, 0.29) is 23.8 Å². The molecule has 0 aromatic carbocycles. The first-order chi connectivity index (χ1) is 8.09. The molecule has 2 rings (SSSR count). The quantitative estimate of drug-likeness (QED) is 0.716. The van der Waals surface area contributed by atoms with Crippen LogP contribution in [0, 0.1) is 11.8 Å². The molecule has 1 unspecified atom stereocenters. The van der Waals surface area contributed by atoms with Gasteiger partial charge in [0.1, 0.15) is 6.04 Å². The molecule has 1 saturated carbocycles. The summed E-state index contributed by atoms with van der Waals surface area (Å²) in [5.41, 5.74) is 0. The van der Waals surface area contributed by atoms with Gasteiger partial charge >= 0.3 is 5.97 Å². The Hall–Kier alpha value is -0.710. The van der Waals surface area contributed by atoms with E-state index in [2.05, 4.69) is 0 Å². The van der Waals surface area contributed by atoms with Crippen molar-refractivity contribution in [3.05, 3.63) is 0 Å². The zero-order valence-electron chi connectivity index (χ0n) is 10.3. The fraction of sp³-hybridized carbons (Fsp3) is 0.833. The van der Waals surface area contributed by atoms with E-state index in [0.717, 1.165) is 12.8 Å². The molecule has 4 nitrogen and oxygen atoms in total. The van der Waals surface area contributed by atoms with Crippen molar-refractivity contribution >= 4 is 23.6 Å². The van der Waals surface area contributed by atoms with Crippen LogP contribution in [0.4, 0.5) is 0 Å². The van der Waals surface area contributed by atoms with Gasteiger partial charge in [0.05, 0.1) is 12.5 Å². The second-order valence-corrected chi connectivity index (χ2v) is 6.12. The maximum absolute atomic E-state index is 12.0. The zero-order valence-corrected chi connectivity index (χ0v) is 11.2. The molecule has 2 aliphatic rings. The maximum atomic E-state index is 12.0. The Morgan fingerprint density at radius 2 is 2.12 bits per heavy atom. The van der Waals surface area contributed by atoms with Gasteiger partial charge in [-0.1, -0.05) is 13.8 Å². The van der Waals surface area contributed by atoms with Gasteiger partial charge in [0, 0.05) is 11.7 Å². The van der Waals surface area contributed by atoms with Gasteiger partial charge in [-0.25, -0.2) is 4.79 Å². The van der Waals surface area contributed by atoms with Crippen molar-refractivity contribution in [1.29, 1.82) is 0 Å². The van der Waals surface area contributed by atoms with Crippen LogP contribution < -0.4 is 0 Å². The van der Waals surface area contributed by atoms with Crippen molar-refractivity contribution < 1.29 is 14.3 Å². The standard InChI is InChI=1S/C12H19NO3S/c1-8(2)5-16-12(15)10-6-17-7-13(10)11(14)9-3-4-9/h8-10H,3-7H2,1-2H3. The summed E-state index contributed by atoms with van der Waals surface area (Å²) < 4.78 is 5.22. The van der Waals surface area contributed by atoms with Crippen LogP contribution in [-0.4, -0.2) is 41.1 Å². The molecular formula is C12H19NO3S. The second kappa shape index (κ2) is 5.29. The molecule has 5 heteroatoms. The highest BCUT2D eigenvalue weighted by atomic mass is 32.2. The molecule has 96 valence electrons. The van der Waals surface area contributed by atoms with Crippen LogP contribution in [0.5, 0.6) is 0 Å². The monoisotopic (exact) mass is 257 g/mol. The number of carbonyl (C=O) groups is 2. The van der Waals surface area contributed by atoms with Gasteiger partial charge in [-0.15, -0.1) is 11.8 Å². The van der Waals surface area contributed by atoms with E-state index >= 15 is 0 Å². The Morgan fingerprint density at radius 1 is 1.41 bits per heavy atom. The molecule has 1 aliphatic carbocycles. The second-order valence-electron chi connectivity index (χ2n) is 5.12. The van der Waals surface area contributed by atoms with E-state index in [1.54, 1.807) is 16.7 Å². The largest absolute Gasteiger partial charge is 0.464 e. The third-order valence-corrected chi connectivity index (χ3v) is 3.94. The van der Waals surface area contributed by atoms with E-state index in [1.165, 1.54) is 0 Å². The van der Waals surface area contributed by atoms with Gasteiger partial charge in [-0.3, -0.25) is 4.79 Å². The zero-order chi connectivity index (χ0) is 12.4. The van der Waals surface area contributed by atoms with Crippen molar-refractivity contribution in [3.8, 4) is 0 Å². The highest BCUT2D eigenvalue weighted by Crippen LogP contribution is 2.34. The predicted octanol–water partition coefficient (Wildman–Crippen LogP) is 1.50. The van der Waals surface area contributed by atoms with E-state index in [4.69, 9.17) is 4.74 Å². The van der Waals surface area contributed by atoms with Crippen molar-refractivity contribution in [2.45, 2.75) is 32.7 Å². The van der Waals surface area contributed by atoms with Gasteiger partial charge in [0.2, 0.25) is 5.91 Å². The third-order valence-electron chi connectivity index (χ3n) is 2.92. The number of nitrogens with zero attached hydrogens (tertiary/aromatic N) is 1. The summed E-state index contributed by atoms with van der Waals surface area (Å²) in [6.07, 6.45) is 1.96. The van der Waals surface area contributed by atoms with Gasteiger partial charge in [0.25, 0.3) is 0 Å². The molecule has 1 heterocycles. The van der Waals surface area contributed by atoms with Crippen LogP contribution >= 0.6 is 11.8 Å². The first kappa shape index (κ1) is 12.7. The smallest absolute Gasteiger partial charge is 0.329 e. The minimum absolute atomic E-state index is 0.140. The van der Waals surface area contributed by atoms with Crippen molar-refractivity contribution in [3.63, 3.8) is 0 Å². The maximum Gasteiger partial charge on any atom is 0.329 e. The Morgan fingerprint density at radius 3 is 2.71 bits per heavy atom. The van der Waals surface area contributed by atoms with Gasteiger partial charge in [-0.2, -0.15) is 0 Å². The van der Waals surface area contributed by atoms with Gasteiger partial charge in [0.15, 0.2) is 0 Å². The first-order valence-electron chi connectivity index (χ1n) is 6.14. The van der Waals surface area contributed by atoms with Crippen LogP contribution in [0.25, 0.3) is 0 Å². The highest BCUT2D eigenvalue weighted by molar-refractivity contribution is 7.99. The summed E-state index contributed by atoms with van der Waals surface area (Å²) in [5.74, 6) is 1.72. The molecule has 1 atom stereocenters. The molecule has 1 amide bonds. The van der Waals surface area contributed by atoms with Crippen molar-refractivity contribution in [2.24, 2.45) is 11.8 Å². The van der Waals surface area contributed by atoms with Crippen LogP contribution in [0.1, 0.15) is 26.7 Å². The summed E-state index contributed by atoms with van der Waals surface area (Å²) in [6.45, 7) is 4.44. The van der Waals surface area contributed by atoms with E-state index in [0.29, 0.717) is 24.2 Å². The van der Waals surface area contributed by atoms with E-state index in [9.17, 15) is 9.59 Å². The molecular weight excluding hydrogens is 238 g/mol. The van der Waals surface area contributed by atoms with Crippen molar-refractivity contribution in [2.75, 3.05) is 18.2 Å². The first-order valence-corrected chi connectivity index (χ1v) is 7.30. The fourth-order valence-corrected chi connectivity index (χ4v) is 2.91. The third kappa shape index (κ3) is 3.15. The van der Waals surface area contributed by atoms with Gasteiger partial charge in [-0.05, 0) is 18.8 Å². The normalized spacial score (nSPS) is 24.2. The Kier molecular flexibility index (Phi) is 3.97. The SMILES string of the molecule is CC(C)COC(=O)C1CSCN1C(=O)C1CC1. The number of carbonyl (C=O) groups excluding carboxylic acids is 2. The number of ether oxygens (including phenoxy) is 1. The summed E-state index contributed by atoms with van der Waals surface area (Å²) in [5, 5.41) is 0. The Labute approximate surface area is 106 Å². The van der Waals surface area contributed by atoms with Crippen LogP contribution in [0.15, 0.2) is 0 Å². The molecule has 0 bridgehead atoms. The average Bonchev–Trinajstić information content (AvgIpc) is 3.02. The summed E-state index contributed by atoms with van der Waals surface area (Å²) in [4.78, 5) is 25.5. The topological polar surface area (TPSA) is 46.6 Å². The van der Waals surface area contributed by atoms with Crippen molar-refractivity contribution in [1.82, 2.24) is 4.90 Å². The molecule has 1 aliphatic heterocycles. The Bertz CT molecular complexity index is 315. The van der Waals surface area contributed by atoms with Crippen LogP contribution in [-0.2, 0) is 14.3 Å². The number of amides is 1. The molecule has 0 radical (unpaired) electrons. The number of hydrogen-bond acceptors (Lipinski definition) is 4. The molecule has 1 saturated heterocycles. The highest BCUT2D eigenvalue weighted by Gasteiger charge is 2.41. The average molecular weight is 257 g/mol. The Balaban J connectivity index is 1.89. The molecule has 0 aromatic heterocycles. The predicted molar refractivity (Wildman–Crippen MR) is 66.5 cm³/mol.